The molecule has 17 heavy (non-hydrogen) atoms. The molecule has 0 atom stereocenters. The zero-order chi connectivity index (χ0) is 13.1. The summed E-state index contributed by atoms with van der Waals surface area (Å²) in [4.78, 5) is 17.3. The largest absolute Gasteiger partial charge is 0.477 e. The number of thiophene rings is 1. The van der Waals surface area contributed by atoms with Crippen molar-refractivity contribution in [2.75, 3.05) is 6.61 Å². The third-order valence-electron chi connectivity index (χ3n) is 1.64. The summed E-state index contributed by atoms with van der Waals surface area (Å²) in [7, 11) is -3.79. The lowest BCUT2D eigenvalue weighted by Gasteiger charge is -2.07. The predicted octanol–water partition coefficient (Wildman–Crippen LogP) is 1.31. The van der Waals surface area contributed by atoms with Crippen LogP contribution in [-0.4, -0.2) is 26.1 Å². The van der Waals surface area contributed by atoms with E-state index in [0.29, 0.717) is 11.3 Å². The molecule has 1 aromatic heterocycles. The van der Waals surface area contributed by atoms with E-state index >= 15 is 0 Å². The zero-order valence-corrected chi connectivity index (χ0v) is 11.0. The number of aromatic carboxylic acids is 1. The minimum atomic E-state index is -3.79. The third-order valence-corrected chi connectivity index (χ3v) is 4.42. The molecule has 2 N–H and O–H groups in total. The first-order valence-corrected chi connectivity index (χ1v) is 7.09. The number of carboxylic acids is 1. The number of carbonyl (C=O) groups is 1. The molecule has 96 valence electrons. The summed E-state index contributed by atoms with van der Waals surface area (Å²) in [6.45, 7) is 4.00. The Kier molecular flexibility index (Phi) is 4.63. The highest BCUT2D eigenvalue weighted by Gasteiger charge is 2.19. The Labute approximate surface area is 103 Å². The molecule has 0 aliphatic rings. The SMILES string of the molecule is CC(C)CONS(=O)(=O)c1ccc(C(=O)O)s1. The Morgan fingerprint density at radius 1 is 1.53 bits per heavy atom. The summed E-state index contributed by atoms with van der Waals surface area (Å²) in [6.07, 6.45) is 0. The monoisotopic (exact) mass is 279 g/mol. The van der Waals surface area contributed by atoms with E-state index in [1.807, 2.05) is 18.7 Å². The van der Waals surface area contributed by atoms with Crippen molar-refractivity contribution in [2.24, 2.45) is 5.92 Å². The molecule has 0 fully saturated rings. The van der Waals surface area contributed by atoms with Gasteiger partial charge in [-0.1, -0.05) is 18.7 Å². The minimum absolute atomic E-state index is 0.0331. The molecule has 0 bridgehead atoms. The average molecular weight is 279 g/mol. The minimum Gasteiger partial charge on any atom is -0.477 e. The Bertz CT molecular complexity index is 491. The lowest BCUT2D eigenvalue weighted by molar-refractivity contribution is 0.0702. The fraction of sp³-hybridized carbons (Fsp3) is 0.444. The maximum absolute atomic E-state index is 11.6. The van der Waals surface area contributed by atoms with Crippen LogP contribution < -0.4 is 4.89 Å². The summed E-state index contributed by atoms with van der Waals surface area (Å²) in [6, 6.07) is 2.47. The average Bonchev–Trinajstić information content (AvgIpc) is 2.65. The van der Waals surface area contributed by atoms with Crippen molar-refractivity contribution >= 4 is 27.3 Å². The first-order chi connectivity index (χ1) is 7.83. The lowest BCUT2D eigenvalue weighted by Crippen LogP contribution is -2.25. The maximum atomic E-state index is 11.6. The van der Waals surface area contributed by atoms with Gasteiger partial charge in [0.2, 0.25) is 0 Å². The molecule has 1 aromatic rings. The van der Waals surface area contributed by atoms with Crippen LogP contribution in [0.1, 0.15) is 23.5 Å². The van der Waals surface area contributed by atoms with Gasteiger partial charge in [0.1, 0.15) is 9.09 Å². The van der Waals surface area contributed by atoms with Crippen LogP contribution in [0.2, 0.25) is 0 Å². The van der Waals surface area contributed by atoms with Crippen LogP contribution in [0.4, 0.5) is 0 Å². The van der Waals surface area contributed by atoms with Gasteiger partial charge in [0, 0.05) is 0 Å². The third kappa shape index (κ3) is 4.08. The fourth-order valence-electron chi connectivity index (χ4n) is 0.899. The molecule has 1 rings (SSSR count). The molecule has 0 saturated carbocycles. The number of hydrogen-bond acceptors (Lipinski definition) is 5. The standard InChI is InChI=1S/C9H13NO5S2/c1-6(2)5-15-10-17(13,14)8-4-3-7(16-8)9(11)12/h3-4,6,10H,5H2,1-2H3,(H,11,12). The van der Waals surface area contributed by atoms with E-state index < -0.39 is 16.0 Å². The van der Waals surface area contributed by atoms with Gasteiger partial charge >= 0.3 is 5.97 Å². The maximum Gasteiger partial charge on any atom is 0.345 e. The van der Waals surface area contributed by atoms with Crippen LogP contribution in [0.25, 0.3) is 0 Å². The molecule has 8 heteroatoms. The summed E-state index contributed by atoms with van der Waals surface area (Å²) in [5, 5.41) is 8.68. The van der Waals surface area contributed by atoms with Gasteiger partial charge in [-0.3, -0.25) is 4.84 Å². The van der Waals surface area contributed by atoms with Crippen molar-refractivity contribution in [3.05, 3.63) is 17.0 Å². The predicted molar refractivity (Wildman–Crippen MR) is 62.4 cm³/mol. The second-order valence-electron chi connectivity index (χ2n) is 3.72. The molecule has 0 aliphatic carbocycles. The van der Waals surface area contributed by atoms with Crippen LogP contribution in [-0.2, 0) is 14.9 Å². The Morgan fingerprint density at radius 3 is 2.65 bits per heavy atom. The molecule has 0 saturated heterocycles. The van der Waals surface area contributed by atoms with Crippen LogP contribution in [0, 0.1) is 5.92 Å². The Balaban J connectivity index is 2.72. The number of hydrogen-bond donors (Lipinski definition) is 2. The van der Waals surface area contributed by atoms with Gasteiger partial charge in [-0.2, -0.15) is 0 Å². The van der Waals surface area contributed by atoms with Gasteiger partial charge in [-0.25, -0.2) is 13.2 Å². The molecule has 0 spiro atoms. The van der Waals surface area contributed by atoms with Crippen molar-refractivity contribution in [1.29, 1.82) is 0 Å². The number of sulfonamides is 1. The molecule has 0 radical (unpaired) electrons. The highest BCUT2D eigenvalue weighted by Crippen LogP contribution is 2.21. The van der Waals surface area contributed by atoms with Gasteiger partial charge < -0.3 is 5.11 Å². The molecule has 0 amide bonds. The summed E-state index contributed by atoms with van der Waals surface area (Å²) in [5.74, 6) is -0.963. The quantitative estimate of drug-likeness (QED) is 0.766. The van der Waals surface area contributed by atoms with E-state index in [1.54, 1.807) is 0 Å². The Hall–Kier alpha value is -0.960. The lowest BCUT2D eigenvalue weighted by atomic mass is 10.2. The summed E-state index contributed by atoms with van der Waals surface area (Å²) >= 11 is 0.677. The van der Waals surface area contributed by atoms with E-state index in [-0.39, 0.29) is 21.6 Å². The van der Waals surface area contributed by atoms with Gasteiger partial charge in [-0.15, -0.1) is 11.3 Å². The van der Waals surface area contributed by atoms with Gasteiger partial charge in [0.15, 0.2) is 0 Å². The van der Waals surface area contributed by atoms with E-state index in [4.69, 9.17) is 9.94 Å². The zero-order valence-electron chi connectivity index (χ0n) is 9.34. The van der Waals surface area contributed by atoms with Crippen molar-refractivity contribution in [2.45, 2.75) is 18.1 Å². The Morgan fingerprint density at radius 2 is 2.18 bits per heavy atom. The highest BCUT2D eigenvalue weighted by atomic mass is 32.2. The number of carboxylic acid groups (broad SMARTS) is 1. The van der Waals surface area contributed by atoms with Gasteiger partial charge in [0.25, 0.3) is 10.0 Å². The molecular weight excluding hydrogens is 266 g/mol. The van der Waals surface area contributed by atoms with Crippen molar-refractivity contribution in [3.8, 4) is 0 Å². The van der Waals surface area contributed by atoms with E-state index in [9.17, 15) is 13.2 Å². The van der Waals surface area contributed by atoms with Crippen molar-refractivity contribution in [1.82, 2.24) is 4.89 Å². The highest BCUT2D eigenvalue weighted by molar-refractivity contribution is 7.91. The molecule has 0 aromatic carbocycles. The topological polar surface area (TPSA) is 92.7 Å². The van der Waals surface area contributed by atoms with Crippen LogP contribution in [0.5, 0.6) is 0 Å². The van der Waals surface area contributed by atoms with Gasteiger partial charge in [0.05, 0.1) is 6.61 Å². The molecular formula is C9H13NO5S2. The summed E-state index contributed by atoms with van der Waals surface area (Å²) in [5.41, 5.74) is 0. The smallest absolute Gasteiger partial charge is 0.345 e. The van der Waals surface area contributed by atoms with Crippen molar-refractivity contribution in [3.63, 3.8) is 0 Å². The molecule has 1 heterocycles. The molecule has 6 nitrogen and oxygen atoms in total. The first kappa shape index (κ1) is 14.1. The van der Waals surface area contributed by atoms with Crippen molar-refractivity contribution < 1.29 is 23.2 Å². The van der Waals surface area contributed by atoms with E-state index in [0.717, 1.165) is 0 Å². The molecule has 0 unspecified atom stereocenters. The van der Waals surface area contributed by atoms with Crippen LogP contribution >= 0.6 is 11.3 Å². The second kappa shape index (κ2) is 5.58. The van der Waals surface area contributed by atoms with E-state index in [2.05, 4.69) is 0 Å². The van der Waals surface area contributed by atoms with Crippen LogP contribution in [0.15, 0.2) is 16.3 Å². The van der Waals surface area contributed by atoms with E-state index in [1.165, 1.54) is 12.1 Å². The summed E-state index contributed by atoms with van der Waals surface area (Å²) < 4.78 is 23.2. The number of rotatable bonds is 6. The first-order valence-electron chi connectivity index (χ1n) is 4.79. The normalized spacial score (nSPS) is 11.9. The molecule has 0 aliphatic heterocycles. The van der Waals surface area contributed by atoms with Gasteiger partial charge in [-0.05, 0) is 18.1 Å². The van der Waals surface area contributed by atoms with Crippen LogP contribution in [0.3, 0.4) is 0 Å². The second-order valence-corrected chi connectivity index (χ2v) is 6.67. The fourth-order valence-corrected chi connectivity index (χ4v) is 2.84. The number of nitrogens with one attached hydrogen (secondary N) is 1.